The number of rotatable bonds is 7. The normalized spacial score (nSPS) is 10.5. The van der Waals surface area contributed by atoms with Gasteiger partial charge in [-0.15, -0.1) is 0 Å². The van der Waals surface area contributed by atoms with E-state index in [1.54, 1.807) is 7.11 Å². The van der Waals surface area contributed by atoms with E-state index in [1.165, 1.54) is 12.1 Å². The van der Waals surface area contributed by atoms with E-state index in [0.717, 1.165) is 6.07 Å². The van der Waals surface area contributed by atoms with E-state index in [2.05, 4.69) is 0 Å². The maximum atomic E-state index is 13.0. The Hall–Kier alpha value is -1.46. The highest BCUT2D eigenvalue weighted by Gasteiger charge is 2.10. The molecule has 0 spiro atoms. The van der Waals surface area contributed by atoms with Crippen molar-refractivity contribution in [3.8, 4) is 0 Å². The van der Waals surface area contributed by atoms with Gasteiger partial charge in [-0.3, -0.25) is 0 Å². The van der Waals surface area contributed by atoms with Crippen LogP contribution in [0.2, 0.25) is 0 Å². The van der Waals surface area contributed by atoms with Gasteiger partial charge in [-0.05, 0) is 30.2 Å². The number of hydrogen-bond acceptors (Lipinski definition) is 3. The summed E-state index contributed by atoms with van der Waals surface area (Å²) in [6.45, 7) is 1.11. The number of methoxy groups -OCH3 is 1. The number of aromatic carboxylic acids is 1. The van der Waals surface area contributed by atoms with Gasteiger partial charge in [-0.1, -0.05) is 0 Å². The van der Waals surface area contributed by atoms with Crippen molar-refractivity contribution in [2.45, 2.75) is 13.0 Å². The van der Waals surface area contributed by atoms with E-state index in [1.807, 2.05) is 0 Å². The minimum Gasteiger partial charge on any atom is -0.478 e. The van der Waals surface area contributed by atoms with Crippen LogP contribution in [0.1, 0.15) is 22.3 Å². The van der Waals surface area contributed by atoms with Crippen LogP contribution >= 0.6 is 0 Å². The molecule has 0 heterocycles. The Balaban J connectivity index is 2.56. The van der Waals surface area contributed by atoms with Crippen molar-refractivity contribution in [2.75, 3.05) is 20.3 Å². The molecule has 0 saturated heterocycles. The molecule has 0 amide bonds. The Labute approximate surface area is 99.0 Å². The third-order valence-corrected chi connectivity index (χ3v) is 2.19. The first kappa shape index (κ1) is 13.6. The number of carboxylic acids is 1. The third kappa shape index (κ3) is 4.50. The molecule has 0 fully saturated rings. The van der Waals surface area contributed by atoms with Crippen LogP contribution in [0.3, 0.4) is 0 Å². The molecule has 0 aromatic heterocycles. The van der Waals surface area contributed by atoms with Crippen LogP contribution in [0.25, 0.3) is 0 Å². The first-order valence-electron chi connectivity index (χ1n) is 5.23. The molecular formula is C12H15FO4. The van der Waals surface area contributed by atoms with Crippen molar-refractivity contribution in [1.82, 2.24) is 0 Å². The van der Waals surface area contributed by atoms with E-state index >= 15 is 0 Å². The lowest BCUT2D eigenvalue weighted by molar-refractivity contribution is 0.0681. The second-order valence-electron chi connectivity index (χ2n) is 3.51. The number of ether oxygens (including phenoxy) is 2. The summed E-state index contributed by atoms with van der Waals surface area (Å²) in [6.07, 6.45) is 0.716. The molecule has 0 unspecified atom stereocenters. The van der Waals surface area contributed by atoms with Crippen LogP contribution in [-0.4, -0.2) is 31.4 Å². The summed E-state index contributed by atoms with van der Waals surface area (Å²) < 4.78 is 23.1. The van der Waals surface area contributed by atoms with Crippen LogP contribution in [0.15, 0.2) is 18.2 Å². The lowest BCUT2D eigenvalue weighted by Crippen LogP contribution is -2.06. The smallest absolute Gasteiger partial charge is 0.336 e. The van der Waals surface area contributed by atoms with Crippen LogP contribution in [-0.2, 0) is 16.1 Å². The van der Waals surface area contributed by atoms with Crippen LogP contribution in [0.5, 0.6) is 0 Å². The first-order chi connectivity index (χ1) is 8.15. The molecule has 0 aliphatic rings. The van der Waals surface area contributed by atoms with Crippen molar-refractivity contribution < 1.29 is 23.8 Å². The molecule has 0 aliphatic carbocycles. The molecule has 0 bridgehead atoms. The van der Waals surface area contributed by atoms with E-state index in [4.69, 9.17) is 14.6 Å². The van der Waals surface area contributed by atoms with Gasteiger partial charge in [0.25, 0.3) is 0 Å². The van der Waals surface area contributed by atoms with Crippen molar-refractivity contribution in [3.05, 3.63) is 35.1 Å². The van der Waals surface area contributed by atoms with Gasteiger partial charge in [0, 0.05) is 20.3 Å². The maximum Gasteiger partial charge on any atom is 0.336 e. The van der Waals surface area contributed by atoms with Crippen molar-refractivity contribution in [3.63, 3.8) is 0 Å². The zero-order valence-corrected chi connectivity index (χ0v) is 9.61. The predicted molar refractivity (Wildman–Crippen MR) is 59.5 cm³/mol. The quantitative estimate of drug-likeness (QED) is 0.744. The number of halogens is 1. The highest BCUT2D eigenvalue weighted by Crippen LogP contribution is 2.13. The molecular weight excluding hydrogens is 227 g/mol. The molecule has 1 aromatic carbocycles. The molecule has 17 heavy (non-hydrogen) atoms. The largest absolute Gasteiger partial charge is 0.478 e. The predicted octanol–water partition coefficient (Wildman–Crippen LogP) is 2.08. The fourth-order valence-corrected chi connectivity index (χ4v) is 1.38. The van der Waals surface area contributed by atoms with E-state index in [-0.39, 0.29) is 12.2 Å². The topological polar surface area (TPSA) is 55.8 Å². The molecule has 0 saturated carbocycles. The van der Waals surface area contributed by atoms with Crippen LogP contribution < -0.4 is 0 Å². The third-order valence-electron chi connectivity index (χ3n) is 2.19. The zero-order chi connectivity index (χ0) is 12.7. The second-order valence-corrected chi connectivity index (χ2v) is 3.51. The lowest BCUT2D eigenvalue weighted by Gasteiger charge is -2.07. The molecule has 0 aliphatic heterocycles. The lowest BCUT2D eigenvalue weighted by atomic mass is 10.1. The van der Waals surface area contributed by atoms with Gasteiger partial charge in [-0.25, -0.2) is 9.18 Å². The molecule has 4 nitrogen and oxygen atoms in total. The van der Waals surface area contributed by atoms with Gasteiger partial charge in [0.05, 0.1) is 12.2 Å². The number of hydrogen-bond donors (Lipinski definition) is 1. The Morgan fingerprint density at radius 3 is 2.82 bits per heavy atom. The van der Waals surface area contributed by atoms with E-state index in [0.29, 0.717) is 25.2 Å². The summed E-state index contributed by atoms with van der Waals surface area (Å²) in [5, 5.41) is 8.90. The maximum absolute atomic E-state index is 13.0. The Morgan fingerprint density at radius 2 is 2.18 bits per heavy atom. The summed E-state index contributed by atoms with van der Waals surface area (Å²) in [7, 11) is 1.59. The highest BCUT2D eigenvalue weighted by atomic mass is 19.1. The molecule has 94 valence electrons. The van der Waals surface area contributed by atoms with Gasteiger partial charge in [0.2, 0.25) is 0 Å². The number of carbonyl (C=O) groups is 1. The summed E-state index contributed by atoms with van der Waals surface area (Å²) in [5.41, 5.74) is 0.410. The minimum absolute atomic E-state index is 0.0677. The summed E-state index contributed by atoms with van der Waals surface area (Å²) in [5.74, 6) is -1.55. The SMILES string of the molecule is COCCCOCc1cc(F)ccc1C(=O)O. The number of carboxylic acid groups (broad SMARTS) is 1. The van der Waals surface area contributed by atoms with Gasteiger partial charge in [-0.2, -0.15) is 0 Å². The molecule has 1 aromatic rings. The second kappa shape index (κ2) is 6.98. The minimum atomic E-state index is -1.08. The van der Waals surface area contributed by atoms with Crippen molar-refractivity contribution in [1.29, 1.82) is 0 Å². The summed E-state index contributed by atoms with van der Waals surface area (Å²) in [6, 6.07) is 3.54. The molecule has 5 heteroatoms. The van der Waals surface area contributed by atoms with Gasteiger partial charge in [0.15, 0.2) is 0 Å². The number of benzene rings is 1. The van der Waals surface area contributed by atoms with Gasteiger partial charge < -0.3 is 14.6 Å². The fraction of sp³-hybridized carbons (Fsp3) is 0.417. The average Bonchev–Trinajstić information content (AvgIpc) is 2.28. The van der Waals surface area contributed by atoms with Gasteiger partial charge >= 0.3 is 5.97 Å². The van der Waals surface area contributed by atoms with E-state index < -0.39 is 11.8 Å². The zero-order valence-electron chi connectivity index (χ0n) is 9.61. The van der Waals surface area contributed by atoms with E-state index in [9.17, 15) is 9.18 Å². The summed E-state index contributed by atoms with van der Waals surface area (Å²) in [4.78, 5) is 10.9. The highest BCUT2D eigenvalue weighted by molar-refractivity contribution is 5.89. The first-order valence-corrected chi connectivity index (χ1v) is 5.23. The average molecular weight is 242 g/mol. The van der Waals surface area contributed by atoms with Crippen LogP contribution in [0.4, 0.5) is 4.39 Å². The Bertz CT molecular complexity index is 379. The van der Waals surface area contributed by atoms with Crippen LogP contribution in [0, 0.1) is 5.82 Å². The van der Waals surface area contributed by atoms with Crippen molar-refractivity contribution in [2.24, 2.45) is 0 Å². The fourth-order valence-electron chi connectivity index (χ4n) is 1.38. The van der Waals surface area contributed by atoms with Gasteiger partial charge in [0.1, 0.15) is 5.82 Å². The monoisotopic (exact) mass is 242 g/mol. The Kier molecular flexibility index (Phi) is 5.59. The van der Waals surface area contributed by atoms with Crippen molar-refractivity contribution >= 4 is 5.97 Å². The molecule has 0 atom stereocenters. The molecule has 0 radical (unpaired) electrons. The molecule has 1 rings (SSSR count). The molecule has 1 N–H and O–H groups in total. The Morgan fingerprint density at radius 1 is 1.41 bits per heavy atom. The standard InChI is InChI=1S/C12H15FO4/c1-16-5-2-6-17-8-9-7-10(13)3-4-11(9)12(14)15/h3-4,7H,2,5-6,8H2,1H3,(H,14,15). The summed E-state index contributed by atoms with van der Waals surface area (Å²) >= 11 is 0.